The first-order valence-corrected chi connectivity index (χ1v) is 8.10. The number of ketones is 1. The second-order valence-electron chi connectivity index (χ2n) is 6.94. The number of rotatable bonds is 4. The summed E-state index contributed by atoms with van der Waals surface area (Å²) in [5.74, 6) is -0.856. The van der Waals surface area contributed by atoms with Crippen LogP contribution in [0.1, 0.15) is 47.2 Å². The van der Waals surface area contributed by atoms with E-state index in [4.69, 9.17) is 4.74 Å². The van der Waals surface area contributed by atoms with E-state index in [9.17, 15) is 9.59 Å². The van der Waals surface area contributed by atoms with Crippen LogP contribution in [0.3, 0.4) is 0 Å². The number of carbonyl (C=O) groups is 2. The molecule has 3 rings (SSSR count). The molecule has 1 heterocycles. The molecule has 2 aromatic carbocycles. The average Bonchev–Trinajstić information content (AvgIpc) is 3.03. The van der Waals surface area contributed by atoms with Gasteiger partial charge in [0, 0.05) is 10.9 Å². The highest BCUT2D eigenvalue weighted by Crippen LogP contribution is 2.22. The van der Waals surface area contributed by atoms with Crippen LogP contribution in [-0.2, 0) is 10.2 Å². The molecule has 5 heteroatoms. The molecule has 0 aliphatic rings. The van der Waals surface area contributed by atoms with E-state index in [0.717, 1.165) is 11.1 Å². The fraction of sp³-hybridized carbons (Fsp3) is 0.250. The van der Waals surface area contributed by atoms with Crippen molar-refractivity contribution < 1.29 is 14.3 Å². The van der Waals surface area contributed by atoms with Crippen molar-refractivity contribution in [1.29, 1.82) is 0 Å². The molecule has 0 radical (unpaired) electrons. The summed E-state index contributed by atoms with van der Waals surface area (Å²) in [7, 11) is 0. The Hall–Kier alpha value is -2.95. The normalized spacial score (nSPS) is 11.5. The number of Topliss-reactive ketones (excluding diaryl/α,β-unsaturated/α-hetero) is 1. The summed E-state index contributed by atoms with van der Waals surface area (Å²) in [6.45, 7) is 6.02. The van der Waals surface area contributed by atoms with Crippen LogP contribution in [0.25, 0.3) is 10.9 Å². The maximum Gasteiger partial charge on any atom is 0.359 e. The van der Waals surface area contributed by atoms with Crippen LogP contribution in [0.2, 0.25) is 0 Å². The molecule has 0 bridgehead atoms. The van der Waals surface area contributed by atoms with Crippen LogP contribution < -0.4 is 0 Å². The third-order valence-corrected chi connectivity index (χ3v) is 4.07. The first kappa shape index (κ1) is 16.9. The molecule has 0 aliphatic heterocycles. The highest BCUT2D eigenvalue weighted by atomic mass is 16.5. The number of H-pyrrole nitrogens is 1. The first-order chi connectivity index (χ1) is 11.9. The summed E-state index contributed by atoms with van der Waals surface area (Å²) in [6, 6.07) is 14.6. The minimum absolute atomic E-state index is 0.0229. The highest BCUT2D eigenvalue weighted by molar-refractivity contribution is 6.03. The lowest BCUT2D eigenvalue weighted by Gasteiger charge is -2.18. The summed E-state index contributed by atoms with van der Waals surface area (Å²) in [5.41, 5.74) is 2.62. The molecule has 0 aliphatic carbocycles. The smallest absolute Gasteiger partial charge is 0.359 e. The predicted octanol–water partition coefficient (Wildman–Crippen LogP) is 3.90. The summed E-state index contributed by atoms with van der Waals surface area (Å²) in [6.07, 6.45) is 0. The molecule has 5 nitrogen and oxygen atoms in total. The molecule has 0 atom stereocenters. The van der Waals surface area contributed by atoms with E-state index in [1.165, 1.54) is 0 Å². The van der Waals surface area contributed by atoms with Gasteiger partial charge >= 0.3 is 5.97 Å². The summed E-state index contributed by atoms with van der Waals surface area (Å²) >= 11 is 0. The van der Waals surface area contributed by atoms with Crippen LogP contribution in [0.15, 0.2) is 48.5 Å². The van der Waals surface area contributed by atoms with Gasteiger partial charge in [0.05, 0.1) is 5.52 Å². The number of fused-ring (bicyclic) bond motifs is 1. The van der Waals surface area contributed by atoms with Gasteiger partial charge in [0.1, 0.15) is 0 Å². The molecule has 0 saturated carbocycles. The fourth-order valence-electron chi connectivity index (χ4n) is 2.56. The number of nitrogens with zero attached hydrogens (tertiary/aromatic N) is 1. The van der Waals surface area contributed by atoms with E-state index in [1.807, 2.05) is 30.3 Å². The Kier molecular flexibility index (Phi) is 4.40. The third kappa shape index (κ3) is 3.60. The molecule has 0 saturated heterocycles. The van der Waals surface area contributed by atoms with Crippen molar-refractivity contribution in [3.8, 4) is 0 Å². The first-order valence-electron chi connectivity index (χ1n) is 8.10. The molecule has 0 unspecified atom stereocenters. The van der Waals surface area contributed by atoms with Gasteiger partial charge < -0.3 is 4.74 Å². The lowest BCUT2D eigenvalue weighted by molar-refractivity contribution is 0.0471. The SMILES string of the molecule is CC(C)(C)c1ccc(C(=O)COC(=O)c2n[nH]c3ccccc23)cc1. The number of hydrogen-bond donors (Lipinski definition) is 1. The Balaban J connectivity index is 1.67. The molecule has 0 fully saturated rings. The van der Waals surface area contributed by atoms with Crippen molar-refractivity contribution in [3.63, 3.8) is 0 Å². The van der Waals surface area contributed by atoms with E-state index in [2.05, 4.69) is 31.0 Å². The average molecular weight is 336 g/mol. The molecular weight excluding hydrogens is 316 g/mol. The van der Waals surface area contributed by atoms with Gasteiger partial charge in [-0.2, -0.15) is 5.10 Å². The van der Waals surface area contributed by atoms with E-state index in [-0.39, 0.29) is 23.5 Å². The van der Waals surface area contributed by atoms with Crippen molar-refractivity contribution in [3.05, 3.63) is 65.4 Å². The van der Waals surface area contributed by atoms with Crippen LogP contribution in [0, 0.1) is 0 Å². The van der Waals surface area contributed by atoms with Crippen LogP contribution in [-0.4, -0.2) is 28.6 Å². The maximum absolute atomic E-state index is 12.2. The van der Waals surface area contributed by atoms with Gasteiger partial charge in [0.25, 0.3) is 0 Å². The number of hydrogen-bond acceptors (Lipinski definition) is 4. The standard InChI is InChI=1S/C20H20N2O3/c1-20(2,3)14-10-8-13(9-11-14)17(23)12-25-19(24)18-15-6-4-5-7-16(15)21-22-18/h4-11H,12H2,1-3H3,(H,21,22). The van der Waals surface area contributed by atoms with Crippen molar-refractivity contribution in [2.45, 2.75) is 26.2 Å². The second kappa shape index (κ2) is 6.51. The van der Waals surface area contributed by atoms with E-state index < -0.39 is 5.97 Å². The largest absolute Gasteiger partial charge is 0.452 e. The van der Waals surface area contributed by atoms with Crippen LogP contribution in [0.5, 0.6) is 0 Å². The summed E-state index contributed by atoms with van der Waals surface area (Å²) in [5, 5.41) is 7.42. The maximum atomic E-state index is 12.2. The molecule has 128 valence electrons. The van der Waals surface area contributed by atoms with Crippen LogP contribution in [0.4, 0.5) is 0 Å². The van der Waals surface area contributed by atoms with Gasteiger partial charge in [-0.05, 0) is 17.0 Å². The number of carbonyl (C=O) groups excluding carboxylic acids is 2. The van der Waals surface area contributed by atoms with Crippen molar-refractivity contribution in [2.24, 2.45) is 0 Å². The number of ether oxygens (including phenoxy) is 1. The molecule has 0 amide bonds. The lowest BCUT2D eigenvalue weighted by Crippen LogP contribution is -2.15. The predicted molar refractivity (Wildman–Crippen MR) is 95.8 cm³/mol. The highest BCUT2D eigenvalue weighted by Gasteiger charge is 2.18. The summed E-state index contributed by atoms with van der Waals surface area (Å²) in [4.78, 5) is 24.4. The number of aromatic nitrogens is 2. The number of nitrogens with one attached hydrogen (secondary N) is 1. The summed E-state index contributed by atoms with van der Waals surface area (Å²) < 4.78 is 5.14. The monoisotopic (exact) mass is 336 g/mol. The molecule has 3 aromatic rings. The molecule has 1 N–H and O–H groups in total. The Bertz CT molecular complexity index is 918. The van der Waals surface area contributed by atoms with Crippen LogP contribution >= 0.6 is 0 Å². The Labute approximate surface area is 146 Å². The Morgan fingerprint density at radius 2 is 1.72 bits per heavy atom. The Morgan fingerprint density at radius 1 is 1.04 bits per heavy atom. The van der Waals surface area contributed by atoms with Crippen molar-refractivity contribution in [2.75, 3.05) is 6.61 Å². The zero-order chi connectivity index (χ0) is 18.0. The number of esters is 1. The zero-order valence-electron chi connectivity index (χ0n) is 14.5. The molecule has 25 heavy (non-hydrogen) atoms. The van der Waals surface area contributed by atoms with Gasteiger partial charge in [0.2, 0.25) is 0 Å². The van der Waals surface area contributed by atoms with E-state index in [0.29, 0.717) is 10.9 Å². The minimum atomic E-state index is -0.614. The number of para-hydroxylation sites is 1. The molecule has 1 aromatic heterocycles. The van der Waals surface area contributed by atoms with E-state index in [1.54, 1.807) is 18.2 Å². The Morgan fingerprint density at radius 3 is 2.40 bits per heavy atom. The van der Waals surface area contributed by atoms with Gasteiger partial charge in [-0.1, -0.05) is 63.2 Å². The topological polar surface area (TPSA) is 72.1 Å². The van der Waals surface area contributed by atoms with Gasteiger partial charge in [0.15, 0.2) is 18.1 Å². The number of benzene rings is 2. The van der Waals surface area contributed by atoms with Crippen molar-refractivity contribution in [1.82, 2.24) is 10.2 Å². The van der Waals surface area contributed by atoms with Gasteiger partial charge in [-0.3, -0.25) is 9.89 Å². The lowest BCUT2D eigenvalue weighted by atomic mass is 9.86. The molecular formula is C20H20N2O3. The van der Waals surface area contributed by atoms with E-state index >= 15 is 0 Å². The second-order valence-corrected chi connectivity index (χ2v) is 6.94. The third-order valence-electron chi connectivity index (χ3n) is 4.07. The minimum Gasteiger partial charge on any atom is -0.452 e. The number of aromatic amines is 1. The van der Waals surface area contributed by atoms with Gasteiger partial charge in [-0.15, -0.1) is 0 Å². The molecule has 0 spiro atoms. The van der Waals surface area contributed by atoms with Crippen molar-refractivity contribution >= 4 is 22.7 Å². The quantitative estimate of drug-likeness (QED) is 0.579. The van der Waals surface area contributed by atoms with Gasteiger partial charge in [-0.25, -0.2) is 4.79 Å². The fourth-order valence-corrected chi connectivity index (χ4v) is 2.56. The zero-order valence-corrected chi connectivity index (χ0v) is 14.5.